The summed E-state index contributed by atoms with van der Waals surface area (Å²) < 4.78 is 33.6. The van der Waals surface area contributed by atoms with Crippen molar-refractivity contribution in [1.82, 2.24) is 19.1 Å². The molecule has 0 fully saturated rings. The van der Waals surface area contributed by atoms with Crippen LogP contribution in [0.2, 0.25) is 0 Å². The number of aromatic amines is 1. The normalized spacial score (nSPS) is 11.8. The number of nitrogens with zero attached hydrogens (tertiary/aromatic N) is 3. The molecule has 34 heavy (non-hydrogen) atoms. The lowest BCUT2D eigenvalue weighted by Gasteiger charge is -2.11. The number of aryl methyl sites for hydroxylation is 2. The molecule has 0 aliphatic carbocycles. The SMILES string of the molecule is Nc1ccc(CCn2c(=O)n(CCCS(=O)(=O)O)c(=O)c3[nH]c(Cc4ccccc4)nc32)cc1. The molecule has 2 aromatic carbocycles. The third kappa shape index (κ3) is 5.43. The van der Waals surface area contributed by atoms with Crippen LogP contribution in [0.4, 0.5) is 5.69 Å². The lowest BCUT2D eigenvalue weighted by Crippen LogP contribution is -2.40. The van der Waals surface area contributed by atoms with Crippen LogP contribution in [-0.4, -0.2) is 37.8 Å². The molecule has 0 aliphatic rings. The summed E-state index contributed by atoms with van der Waals surface area (Å²) >= 11 is 0. The zero-order valence-corrected chi connectivity index (χ0v) is 19.2. The van der Waals surface area contributed by atoms with Crippen molar-refractivity contribution in [3.8, 4) is 0 Å². The minimum absolute atomic E-state index is 0.0809. The van der Waals surface area contributed by atoms with Crippen LogP contribution in [0.5, 0.6) is 0 Å². The third-order valence-electron chi connectivity index (χ3n) is 5.51. The van der Waals surface area contributed by atoms with E-state index >= 15 is 0 Å². The second-order valence-corrected chi connectivity index (χ2v) is 9.64. The molecule has 4 rings (SSSR count). The quantitative estimate of drug-likeness (QED) is 0.241. The van der Waals surface area contributed by atoms with Crippen molar-refractivity contribution in [3.63, 3.8) is 0 Å². The van der Waals surface area contributed by atoms with Gasteiger partial charge in [0.05, 0.1) is 5.75 Å². The van der Waals surface area contributed by atoms with Crippen molar-refractivity contribution >= 4 is 27.0 Å². The van der Waals surface area contributed by atoms with E-state index in [0.29, 0.717) is 24.4 Å². The van der Waals surface area contributed by atoms with Gasteiger partial charge in [0.15, 0.2) is 5.65 Å². The largest absolute Gasteiger partial charge is 0.399 e. The van der Waals surface area contributed by atoms with Crippen LogP contribution in [0.15, 0.2) is 64.2 Å². The standard InChI is InChI=1S/C23H25N5O5S/c24-18-9-7-16(8-10-18)11-13-27-21-20(25-19(26-21)15-17-5-2-1-3-6-17)22(29)28(23(27)30)12-4-14-34(31,32)33/h1-3,5-10H,4,11-15,24H2,(H,25,26)(H,31,32,33). The van der Waals surface area contributed by atoms with Gasteiger partial charge in [0.25, 0.3) is 15.7 Å². The van der Waals surface area contributed by atoms with E-state index < -0.39 is 27.1 Å². The monoisotopic (exact) mass is 483 g/mol. The highest BCUT2D eigenvalue weighted by molar-refractivity contribution is 7.85. The number of nitrogens with one attached hydrogen (secondary N) is 1. The maximum Gasteiger partial charge on any atom is 0.332 e. The van der Waals surface area contributed by atoms with E-state index in [9.17, 15) is 18.0 Å². The number of aromatic nitrogens is 4. The molecule has 10 nitrogen and oxygen atoms in total. The zero-order chi connectivity index (χ0) is 24.3. The Kier molecular flexibility index (Phi) is 6.66. The van der Waals surface area contributed by atoms with E-state index in [1.807, 2.05) is 42.5 Å². The summed E-state index contributed by atoms with van der Waals surface area (Å²) in [5.41, 5.74) is 7.59. The maximum atomic E-state index is 13.2. The molecule has 0 unspecified atom stereocenters. The summed E-state index contributed by atoms with van der Waals surface area (Å²) in [5, 5.41) is 0. The molecule has 4 aromatic rings. The first kappa shape index (κ1) is 23.5. The Bertz CT molecular complexity index is 1520. The Morgan fingerprint density at radius 3 is 2.32 bits per heavy atom. The fourth-order valence-corrected chi connectivity index (χ4v) is 4.31. The van der Waals surface area contributed by atoms with Crippen LogP contribution >= 0.6 is 0 Å². The molecule has 0 amide bonds. The summed E-state index contributed by atoms with van der Waals surface area (Å²) in [6.45, 7) is 0.107. The highest BCUT2D eigenvalue weighted by Gasteiger charge is 2.18. The van der Waals surface area contributed by atoms with Crippen LogP contribution in [-0.2, 0) is 36.0 Å². The molecule has 0 saturated heterocycles. The Balaban J connectivity index is 1.74. The van der Waals surface area contributed by atoms with Crippen molar-refractivity contribution < 1.29 is 13.0 Å². The van der Waals surface area contributed by atoms with Gasteiger partial charge in [0.1, 0.15) is 11.3 Å². The molecule has 0 atom stereocenters. The van der Waals surface area contributed by atoms with Crippen molar-refractivity contribution in [2.24, 2.45) is 0 Å². The van der Waals surface area contributed by atoms with E-state index in [1.165, 1.54) is 4.57 Å². The number of anilines is 1. The Morgan fingerprint density at radius 2 is 1.65 bits per heavy atom. The second kappa shape index (κ2) is 9.65. The van der Waals surface area contributed by atoms with Crippen LogP contribution in [0.3, 0.4) is 0 Å². The zero-order valence-electron chi connectivity index (χ0n) is 18.3. The molecular formula is C23H25N5O5S. The Morgan fingerprint density at radius 1 is 0.941 bits per heavy atom. The maximum absolute atomic E-state index is 13.2. The molecule has 0 aliphatic heterocycles. The number of hydrogen-bond donors (Lipinski definition) is 3. The van der Waals surface area contributed by atoms with Gasteiger partial charge in [0.2, 0.25) is 0 Å². The molecule has 178 valence electrons. The lowest BCUT2D eigenvalue weighted by molar-refractivity contribution is 0.475. The van der Waals surface area contributed by atoms with Gasteiger partial charge < -0.3 is 10.7 Å². The van der Waals surface area contributed by atoms with Crippen LogP contribution in [0, 0.1) is 0 Å². The summed E-state index contributed by atoms with van der Waals surface area (Å²) in [4.78, 5) is 33.9. The van der Waals surface area contributed by atoms with Gasteiger partial charge in [-0.1, -0.05) is 42.5 Å². The fourth-order valence-electron chi connectivity index (χ4n) is 3.82. The fraction of sp³-hybridized carbons (Fsp3) is 0.261. The number of nitrogen functional groups attached to an aromatic ring is 1. The van der Waals surface area contributed by atoms with Gasteiger partial charge in [-0.3, -0.25) is 18.5 Å². The highest BCUT2D eigenvalue weighted by atomic mass is 32.2. The topological polar surface area (TPSA) is 153 Å². The molecule has 0 saturated carbocycles. The van der Waals surface area contributed by atoms with Crippen LogP contribution in [0.1, 0.15) is 23.4 Å². The summed E-state index contributed by atoms with van der Waals surface area (Å²) in [5.74, 6) is -0.0143. The number of hydrogen-bond acceptors (Lipinski definition) is 6. The van der Waals surface area contributed by atoms with Crippen molar-refractivity contribution in [1.29, 1.82) is 0 Å². The van der Waals surface area contributed by atoms with Gasteiger partial charge in [-0.2, -0.15) is 8.42 Å². The van der Waals surface area contributed by atoms with Crippen molar-refractivity contribution in [2.75, 3.05) is 11.5 Å². The molecule has 11 heteroatoms. The van der Waals surface area contributed by atoms with E-state index in [0.717, 1.165) is 15.7 Å². The summed E-state index contributed by atoms with van der Waals surface area (Å²) in [6, 6.07) is 16.9. The van der Waals surface area contributed by atoms with Crippen molar-refractivity contribution in [3.05, 3.63) is 92.4 Å². The first-order valence-corrected chi connectivity index (χ1v) is 12.4. The highest BCUT2D eigenvalue weighted by Crippen LogP contribution is 2.12. The van der Waals surface area contributed by atoms with E-state index in [2.05, 4.69) is 9.97 Å². The van der Waals surface area contributed by atoms with Crippen LogP contribution in [0.25, 0.3) is 11.2 Å². The van der Waals surface area contributed by atoms with Gasteiger partial charge in [-0.05, 0) is 36.1 Å². The minimum Gasteiger partial charge on any atom is -0.399 e. The third-order valence-corrected chi connectivity index (χ3v) is 6.32. The average Bonchev–Trinajstić information content (AvgIpc) is 3.21. The van der Waals surface area contributed by atoms with Gasteiger partial charge in [0, 0.05) is 25.2 Å². The lowest BCUT2D eigenvalue weighted by atomic mass is 10.1. The van der Waals surface area contributed by atoms with E-state index in [1.54, 1.807) is 12.1 Å². The number of rotatable bonds is 9. The number of H-pyrrole nitrogens is 1. The molecule has 2 aromatic heterocycles. The summed E-state index contributed by atoms with van der Waals surface area (Å²) in [7, 11) is -4.21. The molecule has 2 heterocycles. The number of imidazole rings is 1. The number of fused-ring (bicyclic) bond motifs is 1. The Labute approximate surface area is 195 Å². The van der Waals surface area contributed by atoms with E-state index in [4.69, 9.17) is 10.3 Å². The molecular weight excluding hydrogens is 458 g/mol. The first-order valence-electron chi connectivity index (χ1n) is 10.8. The van der Waals surface area contributed by atoms with E-state index in [-0.39, 0.29) is 30.7 Å². The second-order valence-electron chi connectivity index (χ2n) is 8.07. The number of benzene rings is 2. The molecule has 0 spiro atoms. The molecule has 0 bridgehead atoms. The van der Waals surface area contributed by atoms with Gasteiger partial charge >= 0.3 is 5.69 Å². The van der Waals surface area contributed by atoms with Crippen molar-refractivity contribution in [2.45, 2.75) is 32.4 Å². The number of nitrogens with two attached hydrogens (primary N) is 1. The molecule has 0 radical (unpaired) electrons. The Hall–Kier alpha value is -3.70. The summed E-state index contributed by atoms with van der Waals surface area (Å²) in [6.07, 6.45) is 0.867. The smallest absolute Gasteiger partial charge is 0.332 e. The first-order chi connectivity index (χ1) is 16.2. The van der Waals surface area contributed by atoms with Crippen LogP contribution < -0.4 is 17.0 Å². The van der Waals surface area contributed by atoms with Gasteiger partial charge in [-0.25, -0.2) is 9.78 Å². The predicted octanol–water partition coefficient (Wildman–Crippen LogP) is 1.58. The predicted molar refractivity (Wildman–Crippen MR) is 129 cm³/mol. The minimum atomic E-state index is -4.21. The average molecular weight is 484 g/mol. The molecule has 4 N–H and O–H groups in total. The van der Waals surface area contributed by atoms with Gasteiger partial charge in [-0.15, -0.1) is 0 Å².